The standard InChI is InChI=1S/C14H19NO5/c1-18-11-6-4-5-10(7-11)9-15-12(14(17)20-3)8-13(16)19-2/h4-7,12,15H,8-9H2,1-3H3/t12-/m0/s1. The molecule has 6 nitrogen and oxygen atoms in total. The average Bonchev–Trinajstić information content (AvgIpc) is 2.50. The molecule has 0 radical (unpaired) electrons. The van der Waals surface area contributed by atoms with Crippen LogP contribution in [0, 0.1) is 0 Å². The van der Waals surface area contributed by atoms with E-state index in [1.807, 2.05) is 24.3 Å². The molecule has 0 aliphatic carbocycles. The molecular formula is C14H19NO5. The summed E-state index contributed by atoms with van der Waals surface area (Å²) in [5, 5.41) is 2.97. The molecular weight excluding hydrogens is 262 g/mol. The zero-order valence-corrected chi connectivity index (χ0v) is 11.8. The molecule has 6 heteroatoms. The predicted molar refractivity (Wildman–Crippen MR) is 72.3 cm³/mol. The largest absolute Gasteiger partial charge is 0.497 e. The van der Waals surface area contributed by atoms with Gasteiger partial charge in [0.05, 0.1) is 27.8 Å². The Bertz CT molecular complexity index is 461. The van der Waals surface area contributed by atoms with E-state index in [4.69, 9.17) is 4.74 Å². The number of carbonyl (C=O) groups excluding carboxylic acids is 2. The van der Waals surface area contributed by atoms with Gasteiger partial charge in [0.2, 0.25) is 0 Å². The Balaban J connectivity index is 2.65. The molecule has 0 amide bonds. The van der Waals surface area contributed by atoms with Crippen LogP contribution in [0.4, 0.5) is 0 Å². The van der Waals surface area contributed by atoms with Crippen LogP contribution in [0.5, 0.6) is 5.75 Å². The minimum absolute atomic E-state index is 0.0762. The Morgan fingerprint density at radius 2 is 1.95 bits per heavy atom. The molecule has 0 aliphatic heterocycles. The van der Waals surface area contributed by atoms with E-state index < -0.39 is 18.0 Å². The van der Waals surface area contributed by atoms with Crippen molar-refractivity contribution in [3.63, 3.8) is 0 Å². The van der Waals surface area contributed by atoms with Gasteiger partial charge in [-0.1, -0.05) is 12.1 Å². The fourth-order valence-electron chi connectivity index (χ4n) is 1.65. The molecule has 110 valence electrons. The van der Waals surface area contributed by atoms with Crippen molar-refractivity contribution in [2.45, 2.75) is 19.0 Å². The van der Waals surface area contributed by atoms with Gasteiger partial charge in [-0.15, -0.1) is 0 Å². The number of ether oxygens (including phenoxy) is 3. The molecule has 0 unspecified atom stereocenters. The zero-order valence-electron chi connectivity index (χ0n) is 11.8. The van der Waals surface area contributed by atoms with Gasteiger partial charge in [0.15, 0.2) is 0 Å². The van der Waals surface area contributed by atoms with E-state index >= 15 is 0 Å². The van der Waals surface area contributed by atoms with Crippen LogP contribution in [0.25, 0.3) is 0 Å². The van der Waals surface area contributed by atoms with E-state index in [1.54, 1.807) is 7.11 Å². The first kappa shape index (κ1) is 16.0. The number of nitrogens with one attached hydrogen (secondary N) is 1. The van der Waals surface area contributed by atoms with Gasteiger partial charge in [0.25, 0.3) is 0 Å². The monoisotopic (exact) mass is 281 g/mol. The molecule has 0 spiro atoms. The molecule has 0 aliphatic rings. The number of carbonyl (C=O) groups is 2. The summed E-state index contributed by atoms with van der Waals surface area (Å²) in [6.07, 6.45) is -0.0762. The smallest absolute Gasteiger partial charge is 0.323 e. The molecule has 1 rings (SSSR count). The molecule has 0 fully saturated rings. The first-order valence-electron chi connectivity index (χ1n) is 6.11. The number of benzene rings is 1. The van der Waals surface area contributed by atoms with E-state index in [1.165, 1.54) is 14.2 Å². The van der Waals surface area contributed by atoms with E-state index in [2.05, 4.69) is 14.8 Å². The molecule has 1 N–H and O–H groups in total. The van der Waals surface area contributed by atoms with Crippen molar-refractivity contribution in [2.75, 3.05) is 21.3 Å². The summed E-state index contributed by atoms with van der Waals surface area (Å²) in [6, 6.07) is 6.68. The summed E-state index contributed by atoms with van der Waals surface area (Å²) in [7, 11) is 4.14. The van der Waals surface area contributed by atoms with Crippen LogP contribution in [0.3, 0.4) is 0 Å². The van der Waals surface area contributed by atoms with Crippen molar-refractivity contribution in [2.24, 2.45) is 0 Å². The third-order valence-corrected chi connectivity index (χ3v) is 2.77. The molecule has 1 aromatic rings. The Morgan fingerprint density at radius 1 is 1.20 bits per heavy atom. The Labute approximate surface area is 118 Å². The average molecular weight is 281 g/mol. The Morgan fingerprint density at radius 3 is 2.55 bits per heavy atom. The summed E-state index contributed by atoms with van der Waals surface area (Å²) >= 11 is 0. The maximum atomic E-state index is 11.6. The number of esters is 2. The van der Waals surface area contributed by atoms with Gasteiger partial charge < -0.3 is 14.2 Å². The normalized spacial score (nSPS) is 11.6. The Hall–Kier alpha value is -2.08. The van der Waals surface area contributed by atoms with Crippen molar-refractivity contribution in [1.29, 1.82) is 0 Å². The summed E-state index contributed by atoms with van der Waals surface area (Å²) in [6.45, 7) is 0.411. The van der Waals surface area contributed by atoms with Crippen LogP contribution in [0.1, 0.15) is 12.0 Å². The maximum absolute atomic E-state index is 11.6. The fraction of sp³-hybridized carbons (Fsp3) is 0.429. The first-order valence-corrected chi connectivity index (χ1v) is 6.11. The Kier molecular flexibility index (Phi) is 6.52. The van der Waals surface area contributed by atoms with E-state index in [0.717, 1.165) is 11.3 Å². The molecule has 1 atom stereocenters. The second-order valence-corrected chi connectivity index (χ2v) is 4.09. The van der Waals surface area contributed by atoms with Crippen LogP contribution < -0.4 is 10.1 Å². The topological polar surface area (TPSA) is 73.9 Å². The molecule has 0 saturated carbocycles. The van der Waals surface area contributed by atoms with E-state index in [-0.39, 0.29) is 6.42 Å². The number of rotatable bonds is 7. The van der Waals surface area contributed by atoms with Crippen LogP contribution in [-0.4, -0.2) is 39.3 Å². The van der Waals surface area contributed by atoms with Crippen molar-refractivity contribution in [3.05, 3.63) is 29.8 Å². The number of hydrogen-bond donors (Lipinski definition) is 1. The fourth-order valence-corrected chi connectivity index (χ4v) is 1.65. The SMILES string of the molecule is COC(=O)C[C@H](NCc1cccc(OC)c1)C(=O)OC. The third-order valence-electron chi connectivity index (χ3n) is 2.77. The lowest BCUT2D eigenvalue weighted by Gasteiger charge is -2.15. The van der Waals surface area contributed by atoms with Crippen molar-refractivity contribution < 1.29 is 23.8 Å². The highest BCUT2D eigenvalue weighted by Gasteiger charge is 2.22. The second kappa shape index (κ2) is 8.16. The molecule has 0 aromatic heterocycles. The van der Waals surface area contributed by atoms with Crippen molar-refractivity contribution >= 4 is 11.9 Å². The third kappa shape index (κ3) is 4.89. The van der Waals surface area contributed by atoms with E-state index in [0.29, 0.717) is 6.54 Å². The molecule has 1 aromatic carbocycles. The van der Waals surface area contributed by atoms with Gasteiger partial charge in [0.1, 0.15) is 11.8 Å². The molecule has 0 heterocycles. The highest BCUT2D eigenvalue weighted by atomic mass is 16.5. The highest BCUT2D eigenvalue weighted by molar-refractivity contribution is 5.82. The minimum atomic E-state index is -0.737. The van der Waals surface area contributed by atoms with Crippen LogP contribution in [0.2, 0.25) is 0 Å². The van der Waals surface area contributed by atoms with Crippen LogP contribution in [0.15, 0.2) is 24.3 Å². The van der Waals surface area contributed by atoms with Crippen molar-refractivity contribution in [1.82, 2.24) is 5.32 Å². The number of methoxy groups -OCH3 is 3. The second-order valence-electron chi connectivity index (χ2n) is 4.09. The lowest BCUT2D eigenvalue weighted by Crippen LogP contribution is -2.39. The molecule has 0 saturated heterocycles. The zero-order chi connectivity index (χ0) is 15.0. The van der Waals surface area contributed by atoms with Crippen molar-refractivity contribution in [3.8, 4) is 5.75 Å². The van der Waals surface area contributed by atoms with E-state index in [9.17, 15) is 9.59 Å². The van der Waals surface area contributed by atoms with Crippen LogP contribution in [-0.2, 0) is 25.6 Å². The predicted octanol–water partition coefficient (Wildman–Crippen LogP) is 0.889. The lowest BCUT2D eigenvalue weighted by molar-refractivity contribution is -0.149. The quantitative estimate of drug-likeness (QED) is 0.748. The lowest BCUT2D eigenvalue weighted by atomic mass is 10.1. The maximum Gasteiger partial charge on any atom is 0.323 e. The summed E-state index contributed by atoms with van der Waals surface area (Å²) in [5.41, 5.74) is 0.933. The van der Waals surface area contributed by atoms with Gasteiger partial charge in [-0.2, -0.15) is 0 Å². The van der Waals surface area contributed by atoms with Gasteiger partial charge in [0, 0.05) is 6.54 Å². The van der Waals surface area contributed by atoms with Gasteiger partial charge in [-0.05, 0) is 17.7 Å². The highest BCUT2D eigenvalue weighted by Crippen LogP contribution is 2.12. The summed E-state index contributed by atoms with van der Waals surface area (Å²) in [4.78, 5) is 22.9. The minimum Gasteiger partial charge on any atom is -0.497 e. The molecule has 20 heavy (non-hydrogen) atoms. The number of hydrogen-bond acceptors (Lipinski definition) is 6. The van der Waals surface area contributed by atoms with Gasteiger partial charge >= 0.3 is 11.9 Å². The van der Waals surface area contributed by atoms with Gasteiger partial charge in [-0.3, -0.25) is 14.9 Å². The van der Waals surface area contributed by atoms with Gasteiger partial charge in [-0.25, -0.2) is 0 Å². The summed E-state index contributed by atoms with van der Waals surface area (Å²) < 4.78 is 14.3. The van der Waals surface area contributed by atoms with Crippen LogP contribution >= 0.6 is 0 Å². The molecule has 0 bridgehead atoms. The first-order chi connectivity index (χ1) is 9.60. The summed E-state index contributed by atoms with van der Waals surface area (Å²) in [5.74, 6) is -0.247.